The fourth-order valence-corrected chi connectivity index (χ4v) is 2.48. The van der Waals surface area contributed by atoms with E-state index in [1.807, 2.05) is 0 Å². The highest BCUT2D eigenvalue weighted by molar-refractivity contribution is 5.94. The van der Waals surface area contributed by atoms with Crippen LogP contribution >= 0.6 is 12.4 Å². The normalized spacial score (nSPS) is 11.7. The fourth-order valence-electron chi connectivity index (χ4n) is 2.48. The van der Waals surface area contributed by atoms with Crippen LogP contribution in [0.15, 0.2) is 36.4 Å². The van der Waals surface area contributed by atoms with Gasteiger partial charge in [-0.15, -0.1) is 12.4 Å². The van der Waals surface area contributed by atoms with Crippen LogP contribution in [-0.2, 0) is 17.6 Å². The first-order valence-electron chi connectivity index (χ1n) is 7.72. The Kier molecular flexibility index (Phi) is 5.93. The van der Waals surface area contributed by atoms with Gasteiger partial charge in [-0.25, -0.2) is 0 Å². The SMILES string of the molecule is CCc1ccc(CCC(=O)Nc2cc3c(cc2N)OCO3)cc1.Cl. The van der Waals surface area contributed by atoms with Gasteiger partial charge >= 0.3 is 0 Å². The van der Waals surface area contributed by atoms with Crippen LogP contribution in [0.4, 0.5) is 11.4 Å². The van der Waals surface area contributed by atoms with Crippen LogP contribution in [0.2, 0.25) is 0 Å². The number of hydrogen-bond acceptors (Lipinski definition) is 4. The van der Waals surface area contributed by atoms with Gasteiger partial charge in [-0.2, -0.15) is 0 Å². The average molecular weight is 349 g/mol. The second kappa shape index (κ2) is 7.93. The predicted octanol–water partition coefficient (Wildman–Crippen LogP) is 3.55. The molecule has 0 saturated carbocycles. The first-order valence-corrected chi connectivity index (χ1v) is 7.72. The molecule has 2 aromatic rings. The number of anilines is 2. The largest absolute Gasteiger partial charge is 0.454 e. The number of nitrogen functional groups attached to an aromatic ring is 1. The summed E-state index contributed by atoms with van der Waals surface area (Å²) in [4.78, 5) is 12.1. The van der Waals surface area contributed by atoms with E-state index in [2.05, 4.69) is 36.5 Å². The molecule has 1 aliphatic heterocycles. The number of amides is 1. The Balaban J connectivity index is 0.00000208. The third kappa shape index (κ3) is 4.11. The van der Waals surface area contributed by atoms with Gasteiger partial charge in [0.1, 0.15) is 0 Å². The van der Waals surface area contributed by atoms with E-state index in [0.29, 0.717) is 35.7 Å². The molecule has 0 spiro atoms. The van der Waals surface area contributed by atoms with E-state index in [9.17, 15) is 4.79 Å². The topological polar surface area (TPSA) is 73.6 Å². The number of nitrogens with one attached hydrogen (secondary N) is 1. The van der Waals surface area contributed by atoms with Crippen molar-refractivity contribution in [1.82, 2.24) is 0 Å². The van der Waals surface area contributed by atoms with Crippen molar-refractivity contribution in [2.75, 3.05) is 17.8 Å². The lowest BCUT2D eigenvalue weighted by Gasteiger charge is -2.09. The zero-order valence-corrected chi connectivity index (χ0v) is 14.3. The molecule has 0 aliphatic carbocycles. The van der Waals surface area contributed by atoms with Crippen LogP contribution in [0.1, 0.15) is 24.5 Å². The highest BCUT2D eigenvalue weighted by Gasteiger charge is 2.17. The minimum atomic E-state index is -0.0740. The Hall–Kier alpha value is -2.40. The molecule has 0 saturated heterocycles. The summed E-state index contributed by atoms with van der Waals surface area (Å²) in [6, 6.07) is 11.7. The van der Waals surface area contributed by atoms with Gasteiger partial charge in [-0.3, -0.25) is 4.79 Å². The van der Waals surface area contributed by atoms with Crippen molar-refractivity contribution >= 4 is 29.7 Å². The van der Waals surface area contributed by atoms with Crippen molar-refractivity contribution in [3.63, 3.8) is 0 Å². The second-order valence-corrected chi connectivity index (χ2v) is 5.51. The smallest absolute Gasteiger partial charge is 0.231 e. The number of halogens is 1. The predicted molar refractivity (Wildman–Crippen MR) is 97.0 cm³/mol. The highest BCUT2D eigenvalue weighted by Crippen LogP contribution is 2.38. The zero-order chi connectivity index (χ0) is 16.2. The van der Waals surface area contributed by atoms with Gasteiger partial charge in [0.15, 0.2) is 11.5 Å². The zero-order valence-electron chi connectivity index (χ0n) is 13.5. The van der Waals surface area contributed by atoms with Crippen LogP contribution in [0.3, 0.4) is 0 Å². The molecule has 24 heavy (non-hydrogen) atoms. The number of rotatable bonds is 5. The maximum absolute atomic E-state index is 12.1. The van der Waals surface area contributed by atoms with Crippen LogP contribution in [0.5, 0.6) is 11.5 Å². The molecular weight excluding hydrogens is 328 g/mol. The molecule has 5 nitrogen and oxygen atoms in total. The Morgan fingerprint density at radius 2 is 1.75 bits per heavy atom. The van der Waals surface area contributed by atoms with Crippen molar-refractivity contribution in [2.24, 2.45) is 0 Å². The Labute approximate surface area is 147 Å². The number of hydrogen-bond donors (Lipinski definition) is 2. The lowest BCUT2D eigenvalue weighted by atomic mass is 10.1. The average Bonchev–Trinajstić information content (AvgIpc) is 3.01. The molecule has 1 aliphatic rings. The van der Waals surface area contributed by atoms with E-state index in [1.165, 1.54) is 5.56 Å². The minimum Gasteiger partial charge on any atom is -0.454 e. The molecule has 1 heterocycles. The van der Waals surface area contributed by atoms with E-state index in [4.69, 9.17) is 15.2 Å². The third-order valence-corrected chi connectivity index (χ3v) is 3.89. The molecule has 0 bridgehead atoms. The fraction of sp³-hybridized carbons (Fsp3) is 0.278. The molecule has 0 radical (unpaired) electrons. The standard InChI is InChI=1S/C18H20N2O3.ClH/c1-2-12-3-5-13(6-4-12)7-8-18(21)20-15-10-17-16(9-14(15)19)22-11-23-17;/h3-6,9-10H,2,7-8,11,19H2,1H3,(H,20,21);1H. The molecule has 0 atom stereocenters. The Morgan fingerprint density at radius 3 is 2.42 bits per heavy atom. The van der Waals surface area contributed by atoms with Gasteiger partial charge in [-0.05, 0) is 24.0 Å². The van der Waals surface area contributed by atoms with Gasteiger partial charge in [0.25, 0.3) is 0 Å². The Morgan fingerprint density at radius 1 is 1.12 bits per heavy atom. The molecule has 6 heteroatoms. The minimum absolute atomic E-state index is 0. The number of ether oxygens (including phenoxy) is 2. The maximum atomic E-state index is 12.1. The summed E-state index contributed by atoms with van der Waals surface area (Å²) >= 11 is 0. The molecule has 0 fully saturated rings. The summed E-state index contributed by atoms with van der Waals surface area (Å²) in [5.41, 5.74) is 9.40. The molecule has 0 unspecified atom stereocenters. The molecule has 3 rings (SSSR count). The van der Waals surface area contributed by atoms with Crippen molar-refractivity contribution in [3.05, 3.63) is 47.5 Å². The van der Waals surface area contributed by atoms with Crippen molar-refractivity contribution in [1.29, 1.82) is 0 Å². The van der Waals surface area contributed by atoms with Crippen molar-refractivity contribution in [3.8, 4) is 11.5 Å². The van der Waals surface area contributed by atoms with E-state index < -0.39 is 0 Å². The molecule has 1 amide bonds. The number of carbonyl (C=O) groups excluding carboxylic acids is 1. The molecule has 128 valence electrons. The van der Waals surface area contributed by atoms with Gasteiger partial charge in [0.05, 0.1) is 11.4 Å². The van der Waals surface area contributed by atoms with E-state index >= 15 is 0 Å². The van der Waals surface area contributed by atoms with E-state index in [0.717, 1.165) is 12.0 Å². The van der Waals surface area contributed by atoms with E-state index in [1.54, 1.807) is 12.1 Å². The van der Waals surface area contributed by atoms with Crippen LogP contribution in [-0.4, -0.2) is 12.7 Å². The lowest BCUT2D eigenvalue weighted by Crippen LogP contribution is -2.13. The van der Waals surface area contributed by atoms with Gasteiger partial charge < -0.3 is 20.5 Å². The molecular formula is C18H21ClN2O3. The number of benzene rings is 2. The maximum Gasteiger partial charge on any atom is 0.231 e. The van der Waals surface area contributed by atoms with Gasteiger partial charge in [0, 0.05) is 18.6 Å². The lowest BCUT2D eigenvalue weighted by molar-refractivity contribution is -0.116. The van der Waals surface area contributed by atoms with Crippen LogP contribution < -0.4 is 20.5 Å². The summed E-state index contributed by atoms with van der Waals surface area (Å²) in [5, 5.41) is 2.83. The van der Waals surface area contributed by atoms with Gasteiger partial charge in [0.2, 0.25) is 12.7 Å². The number of carbonyl (C=O) groups is 1. The first kappa shape index (κ1) is 17.9. The summed E-state index contributed by atoms with van der Waals surface area (Å²) in [7, 11) is 0. The number of nitrogens with two attached hydrogens (primary N) is 1. The molecule has 3 N–H and O–H groups in total. The number of fused-ring (bicyclic) bond motifs is 1. The summed E-state index contributed by atoms with van der Waals surface area (Å²) in [6.45, 7) is 2.30. The first-order chi connectivity index (χ1) is 11.2. The third-order valence-electron chi connectivity index (χ3n) is 3.89. The van der Waals surface area contributed by atoms with Crippen molar-refractivity contribution in [2.45, 2.75) is 26.2 Å². The molecule has 0 aromatic heterocycles. The Bertz CT molecular complexity index is 717. The highest BCUT2D eigenvalue weighted by atomic mass is 35.5. The monoisotopic (exact) mass is 348 g/mol. The molecule has 2 aromatic carbocycles. The number of aryl methyl sites for hydroxylation is 2. The second-order valence-electron chi connectivity index (χ2n) is 5.51. The summed E-state index contributed by atoms with van der Waals surface area (Å²) in [6.07, 6.45) is 2.11. The van der Waals surface area contributed by atoms with E-state index in [-0.39, 0.29) is 25.1 Å². The van der Waals surface area contributed by atoms with Crippen LogP contribution in [0.25, 0.3) is 0 Å². The summed E-state index contributed by atoms with van der Waals surface area (Å²) < 4.78 is 10.5. The van der Waals surface area contributed by atoms with Crippen molar-refractivity contribution < 1.29 is 14.3 Å². The quantitative estimate of drug-likeness (QED) is 0.810. The summed E-state index contributed by atoms with van der Waals surface area (Å²) in [5.74, 6) is 1.14. The van der Waals surface area contributed by atoms with Crippen LogP contribution in [0, 0.1) is 0 Å². The van der Waals surface area contributed by atoms with Gasteiger partial charge in [-0.1, -0.05) is 31.2 Å².